The smallest absolute Gasteiger partial charge is 0.152 e. The number of aliphatic hydroxyl groups is 1. The van der Waals surface area contributed by atoms with Crippen LogP contribution < -0.4 is 5.73 Å². The molecule has 0 radical (unpaired) electrons. The number of imidazole rings is 1. The van der Waals surface area contributed by atoms with E-state index < -0.39 is 5.54 Å². The van der Waals surface area contributed by atoms with Gasteiger partial charge in [0, 0.05) is 7.05 Å². The second kappa shape index (κ2) is 2.70. The fourth-order valence-corrected chi connectivity index (χ4v) is 2.30. The Morgan fingerprint density at radius 1 is 1.77 bits per heavy atom. The predicted octanol–water partition coefficient (Wildman–Crippen LogP) is 0.382. The molecular weight excluding hydrogens is 190 g/mol. The maximum Gasteiger partial charge on any atom is 0.152 e. The van der Waals surface area contributed by atoms with Crippen molar-refractivity contribution in [3.05, 3.63) is 17.2 Å². The fraction of sp³-hybridized carbons (Fsp3) is 0.625. The molecule has 3 N–H and O–H groups in total. The molecule has 0 aromatic carbocycles. The van der Waals surface area contributed by atoms with Crippen molar-refractivity contribution in [3.63, 3.8) is 0 Å². The summed E-state index contributed by atoms with van der Waals surface area (Å²) >= 11 is 5.90. The lowest BCUT2D eigenvalue weighted by Crippen LogP contribution is -2.52. The van der Waals surface area contributed by atoms with Crippen LogP contribution >= 0.6 is 11.6 Å². The largest absolute Gasteiger partial charge is 0.393 e. The van der Waals surface area contributed by atoms with Crippen LogP contribution in [0.2, 0.25) is 5.15 Å². The molecule has 4 nitrogen and oxygen atoms in total. The average molecular weight is 202 g/mol. The van der Waals surface area contributed by atoms with Crippen molar-refractivity contribution >= 4 is 11.6 Å². The molecule has 1 aromatic rings. The summed E-state index contributed by atoms with van der Waals surface area (Å²) in [5.74, 6) is 0. The first-order valence-electron chi connectivity index (χ1n) is 4.17. The van der Waals surface area contributed by atoms with Crippen LogP contribution in [0, 0.1) is 0 Å². The quantitative estimate of drug-likeness (QED) is 0.691. The normalized spacial score (nSPS) is 33.1. The van der Waals surface area contributed by atoms with Crippen molar-refractivity contribution in [2.45, 2.75) is 24.5 Å². The van der Waals surface area contributed by atoms with Crippen LogP contribution in [0.5, 0.6) is 0 Å². The Balaban J connectivity index is 2.35. The van der Waals surface area contributed by atoms with E-state index in [1.165, 1.54) is 0 Å². The number of halogens is 1. The fourth-order valence-electron chi connectivity index (χ4n) is 1.93. The Morgan fingerprint density at radius 2 is 2.38 bits per heavy atom. The van der Waals surface area contributed by atoms with E-state index in [0.29, 0.717) is 18.0 Å². The highest BCUT2D eigenvalue weighted by Gasteiger charge is 2.44. The van der Waals surface area contributed by atoms with E-state index in [-0.39, 0.29) is 6.10 Å². The Kier molecular flexibility index (Phi) is 1.87. The highest BCUT2D eigenvalue weighted by molar-refractivity contribution is 6.30. The van der Waals surface area contributed by atoms with E-state index >= 15 is 0 Å². The van der Waals surface area contributed by atoms with Gasteiger partial charge in [0.2, 0.25) is 0 Å². The number of aliphatic hydroxyl groups excluding tert-OH is 1. The molecular formula is C8H12ClN3O. The van der Waals surface area contributed by atoms with Crippen LogP contribution in [0.3, 0.4) is 0 Å². The Labute approximate surface area is 81.3 Å². The maximum atomic E-state index is 9.21. The molecule has 1 fully saturated rings. The molecule has 13 heavy (non-hydrogen) atoms. The van der Waals surface area contributed by atoms with Gasteiger partial charge in [-0.1, -0.05) is 11.6 Å². The lowest BCUT2D eigenvalue weighted by Gasteiger charge is -2.42. The van der Waals surface area contributed by atoms with Gasteiger partial charge < -0.3 is 15.4 Å². The summed E-state index contributed by atoms with van der Waals surface area (Å²) in [5, 5.41) is 9.65. The Hall–Kier alpha value is -0.580. The van der Waals surface area contributed by atoms with E-state index in [0.717, 1.165) is 5.69 Å². The van der Waals surface area contributed by atoms with E-state index in [1.807, 2.05) is 11.6 Å². The van der Waals surface area contributed by atoms with Gasteiger partial charge in [-0.2, -0.15) is 0 Å². The molecule has 0 aliphatic heterocycles. The molecule has 0 spiro atoms. The zero-order chi connectivity index (χ0) is 9.64. The van der Waals surface area contributed by atoms with Crippen molar-refractivity contribution in [1.82, 2.24) is 9.55 Å². The number of hydrogen-bond donors (Lipinski definition) is 2. The molecule has 0 atom stereocenters. The number of aromatic nitrogens is 2. The highest BCUT2D eigenvalue weighted by Crippen LogP contribution is 2.41. The zero-order valence-corrected chi connectivity index (χ0v) is 8.12. The molecule has 0 saturated heterocycles. The molecule has 72 valence electrons. The first kappa shape index (κ1) is 8.99. The van der Waals surface area contributed by atoms with Crippen molar-refractivity contribution in [1.29, 1.82) is 0 Å². The summed E-state index contributed by atoms with van der Waals surface area (Å²) in [6, 6.07) is 0. The molecule has 1 aliphatic rings. The van der Waals surface area contributed by atoms with Crippen molar-refractivity contribution in [2.24, 2.45) is 12.8 Å². The van der Waals surface area contributed by atoms with Crippen LogP contribution in [0.25, 0.3) is 0 Å². The number of nitrogens with two attached hydrogens (primary N) is 1. The van der Waals surface area contributed by atoms with Gasteiger partial charge in [-0.25, -0.2) is 4.98 Å². The van der Waals surface area contributed by atoms with Crippen LogP contribution in [-0.4, -0.2) is 20.8 Å². The third-order valence-electron chi connectivity index (χ3n) is 2.56. The molecule has 1 heterocycles. The minimum Gasteiger partial charge on any atom is -0.393 e. The summed E-state index contributed by atoms with van der Waals surface area (Å²) in [4.78, 5) is 3.96. The van der Waals surface area contributed by atoms with Crippen molar-refractivity contribution < 1.29 is 5.11 Å². The molecule has 1 saturated carbocycles. The second-order valence-electron chi connectivity index (χ2n) is 3.71. The van der Waals surface area contributed by atoms with Gasteiger partial charge in [-0.05, 0) is 12.8 Å². The van der Waals surface area contributed by atoms with Gasteiger partial charge in [-0.3, -0.25) is 0 Å². The number of rotatable bonds is 1. The first-order valence-corrected chi connectivity index (χ1v) is 4.55. The third-order valence-corrected chi connectivity index (χ3v) is 2.84. The second-order valence-corrected chi connectivity index (χ2v) is 4.07. The van der Waals surface area contributed by atoms with Crippen LogP contribution in [0.4, 0.5) is 0 Å². The molecule has 2 rings (SSSR count). The summed E-state index contributed by atoms with van der Waals surface area (Å²) in [6.45, 7) is 0. The standard InChI is InChI=1S/C8H12ClN3O/c1-12-4-11-7(9)6(12)8(10)2-5(13)3-8/h4-5,13H,2-3,10H2,1H3. The third kappa shape index (κ3) is 1.25. The summed E-state index contributed by atoms with van der Waals surface area (Å²) < 4.78 is 1.81. The maximum absolute atomic E-state index is 9.21. The van der Waals surface area contributed by atoms with Crippen LogP contribution in [0.1, 0.15) is 18.5 Å². The molecule has 1 aliphatic carbocycles. The number of hydrogen-bond acceptors (Lipinski definition) is 3. The summed E-state index contributed by atoms with van der Waals surface area (Å²) in [7, 11) is 1.85. The van der Waals surface area contributed by atoms with E-state index in [9.17, 15) is 5.11 Å². The van der Waals surface area contributed by atoms with Gasteiger partial charge in [-0.15, -0.1) is 0 Å². The SMILES string of the molecule is Cn1cnc(Cl)c1C1(N)CC(O)C1. The summed E-state index contributed by atoms with van der Waals surface area (Å²) in [5.41, 5.74) is 6.39. The number of nitrogens with zero attached hydrogens (tertiary/aromatic N) is 2. The van der Waals surface area contributed by atoms with Crippen LogP contribution in [0.15, 0.2) is 6.33 Å². The highest BCUT2D eigenvalue weighted by atomic mass is 35.5. The first-order chi connectivity index (χ1) is 6.03. The summed E-state index contributed by atoms with van der Waals surface area (Å²) in [6.07, 6.45) is 2.46. The lowest BCUT2D eigenvalue weighted by molar-refractivity contribution is 0.0175. The molecule has 1 aromatic heterocycles. The van der Waals surface area contributed by atoms with E-state index in [2.05, 4.69) is 4.98 Å². The predicted molar refractivity (Wildman–Crippen MR) is 49.3 cm³/mol. The van der Waals surface area contributed by atoms with E-state index in [1.54, 1.807) is 6.33 Å². The minimum atomic E-state index is -0.484. The van der Waals surface area contributed by atoms with Gasteiger partial charge >= 0.3 is 0 Å². The van der Waals surface area contributed by atoms with E-state index in [4.69, 9.17) is 17.3 Å². The van der Waals surface area contributed by atoms with Gasteiger partial charge in [0.15, 0.2) is 5.15 Å². The number of aryl methyl sites for hydroxylation is 1. The molecule has 0 bridgehead atoms. The minimum absolute atomic E-state index is 0.295. The zero-order valence-electron chi connectivity index (χ0n) is 7.37. The molecule has 5 heteroatoms. The van der Waals surface area contributed by atoms with Gasteiger partial charge in [0.05, 0.1) is 23.7 Å². The molecule has 0 amide bonds. The Morgan fingerprint density at radius 3 is 2.77 bits per heavy atom. The topological polar surface area (TPSA) is 64.1 Å². The average Bonchev–Trinajstić information content (AvgIpc) is 2.28. The van der Waals surface area contributed by atoms with Crippen LogP contribution in [-0.2, 0) is 12.6 Å². The monoisotopic (exact) mass is 201 g/mol. The van der Waals surface area contributed by atoms with Gasteiger partial charge in [0.1, 0.15) is 0 Å². The molecule has 0 unspecified atom stereocenters. The van der Waals surface area contributed by atoms with Crippen molar-refractivity contribution in [3.8, 4) is 0 Å². The van der Waals surface area contributed by atoms with Gasteiger partial charge in [0.25, 0.3) is 0 Å². The van der Waals surface area contributed by atoms with Crippen molar-refractivity contribution in [2.75, 3.05) is 0 Å². The Bertz CT molecular complexity index is 311. The lowest BCUT2D eigenvalue weighted by atomic mass is 9.73.